The van der Waals surface area contributed by atoms with Crippen molar-refractivity contribution in [2.45, 2.75) is 30.5 Å². The van der Waals surface area contributed by atoms with E-state index in [1.807, 2.05) is 18.2 Å². The highest BCUT2D eigenvalue weighted by Gasteiger charge is 2.33. The zero-order valence-electron chi connectivity index (χ0n) is 21.6. The van der Waals surface area contributed by atoms with E-state index in [9.17, 15) is 26.4 Å². The summed E-state index contributed by atoms with van der Waals surface area (Å²) in [6.07, 6.45) is -2.58. The van der Waals surface area contributed by atoms with E-state index in [0.717, 1.165) is 43.6 Å². The van der Waals surface area contributed by atoms with Crippen LogP contribution in [0.4, 0.5) is 30.2 Å². The quantitative estimate of drug-likeness (QED) is 0.233. The lowest BCUT2D eigenvalue weighted by atomic mass is 10.0. The molecule has 4 aromatic carbocycles. The molecule has 1 aliphatic rings. The standard InChI is InChI=1S/C30H25ClF3N3O3S/c31-27-16-13-24(18-26(27)30(32,33)34)36-41(39,40)25-14-11-23(12-15-25)35-29(38)22-9-7-20(8-10-22)19-37-17-3-5-21-4-1-2-6-28(21)37/h1-2,4,6-16,18,36H,3,5,17,19H2,(H,35,38). The number of hydrogen-bond acceptors (Lipinski definition) is 4. The van der Waals surface area contributed by atoms with Gasteiger partial charge in [-0.05, 0) is 84.6 Å². The van der Waals surface area contributed by atoms with Gasteiger partial charge in [0.05, 0.1) is 15.5 Å². The number of para-hydroxylation sites is 1. The number of amides is 1. The topological polar surface area (TPSA) is 78.5 Å². The number of halogens is 4. The van der Waals surface area contributed by atoms with Crippen LogP contribution < -0.4 is 14.9 Å². The summed E-state index contributed by atoms with van der Waals surface area (Å²) in [6, 6.07) is 23.7. The van der Waals surface area contributed by atoms with Crippen molar-refractivity contribution in [2.75, 3.05) is 21.5 Å². The van der Waals surface area contributed by atoms with Gasteiger partial charge in [-0.15, -0.1) is 0 Å². The third-order valence-electron chi connectivity index (χ3n) is 6.74. The number of sulfonamides is 1. The van der Waals surface area contributed by atoms with Crippen molar-refractivity contribution in [3.8, 4) is 0 Å². The van der Waals surface area contributed by atoms with E-state index < -0.39 is 26.8 Å². The van der Waals surface area contributed by atoms with Gasteiger partial charge in [-0.2, -0.15) is 13.2 Å². The Kier molecular flexibility index (Phi) is 7.97. The summed E-state index contributed by atoms with van der Waals surface area (Å²) in [7, 11) is -4.20. The summed E-state index contributed by atoms with van der Waals surface area (Å²) in [5.74, 6) is -0.366. The Morgan fingerprint density at radius 3 is 2.29 bits per heavy atom. The molecule has 212 valence electrons. The fourth-order valence-corrected chi connectivity index (χ4v) is 5.97. The molecule has 0 aromatic heterocycles. The molecule has 1 heterocycles. The van der Waals surface area contributed by atoms with Gasteiger partial charge in [0.15, 0.2) is 0 Å². The summed E-state index contributed by atoms with van der Waals surface area (Å²) in [4.78, 5) is 14.9. The smallest absolute Gasteiger partial charge is 0.367 e. The van der Waals surface area contributed by atoms with E-state index in [1.165, 1.54) is 35.5 Å². The minimum Gasteiger partial charge on any atom is -0.367 e. The van der Waals surface area contributed by atoms with Crippen molar-refractivity contribution in [2.24, 2.45) is 0 Å². The number of nitrogens with one attached hydrogen (secondary N) is 2. The first-order valence-electron chi connectivity index (χ1n) is 12.7. The number of fused-ring (bicyclic) bond motifs is 1. The Morgan fingerprint density at radius 2 is 1.59 bits per heavy atom. The highest BCUT2D eigenvalue weighted by atomic mass is 35.5. The minimum absolute atomic E-state index is 0.192. The monoisotopic (exact) mass is 599 g/mol. The average Bonchev–Trinajstić information content (AvgIpc) is 2.94. The fourth-order valence-electron chi connectivity index (χ4n) is 4.70. The van der Waals surface area contributed by atoms with Crippen LogP contribution >= 0.6 is 11.6 Å². The Balaban J connectivity index is 1.22. The van der Waals surface area contributed by atoms with Crippen LogP contribution in [0.3, 0.4) is 0 Å². The van der Waals surface area contributed by atoms with Gasteiger partial charge in [0.2, 0.25) is 0 Å². The van der Waals surface area contributed by atoms with Crippen LogP contribution in [0, 0.1) is 0 Å². The molecule has 0 bridgehead atoms. The number of anilines is 3. The van der Waals surface area contributed by atoms with Gasteiger partial charge in [0, 0.05) is 35.7 Å². The summed E-state index contributed by atoms with van der Waals surface area (Å²) < 4.78 is 66.9. The normalized spacial score (nSPS) is 13.4. The number of aryl methyl sites for hydroxylation is 1. The summed E-state index contributed by atoms with van der Waals surface area (Å²) >= 11 is 5.60. The maximum atomic E-state index is 13.1. The second-order valence-electron chi connectivity index (χ2n) is 9.63. The number of carbonyl (C=O) groups excluding carboxylic acids is 1. The van der Waals surface area contributed by atoms with E-state index in [0.29, 0.717) is 17.3 Å². The van der Waals surface area contributed by atoms with Crippen LogP contribution in [0.2, 0.25) is 5.02 Å². The Hall–Kier alpha value is -4.02. The number of benzene rings is 4. The Morgan fingerprint density at radius 1 is 0.902 bits per heavy atom. The molecule has 4 aromatic rings. The molecule has 6 nitrogen and oxygen atoms in total. The molecule has 0 unspecified atom stereocenters. The Labute approximate surface area is 240 Å². The van der Waals surface area contributed by atoms with Crippen molar-refractivity contribution in [3.63, 3.8) is 0 Å². The van der Waals surface area contributed by atoms with Gasteiger partial charge < -0.3 is 10.2 Å². The maximum Gasteiger partial charge on any atom is 0.417 e. The largest absolute Gasteiger partial charge is 0.417 e. The highest BCUT2D eigenvalue weighted by molar-refractivity contribution is 7.92. The first-order valence-corrected chi connectivity index (χ1v) is 14.6. The summed E-state index contributed by atoms with van der Waals surface area (Å²) in [5.41, 5.74) is 3.01. The van der Waals surface area contributed by atoms with Gasteiger partial charge >= 0.3 is 6.18 Å². The average molecular weight is 600 g/mol. The molecule has 0 aliphatic carbocycles. The van der Waals surface area contributed by atoms with Crippen LogP contribution in [0.15, 0.2) is 95.9 Å². The molecule has 0 atom stereocenters. The molecule has 0 saturated heterocycles. The molecule has 1 amide bonds. The zero-order valence-corrected chi connectivity index (χ0v) is 23.2. The van der Waals surface area contributed by atoms with Gasteiger partial charge in [-0.3, -0.25) is 9.52 Å². The van der Waals surface area contributed by atoms with E-state index in [4.69, 9.17) is 11.6 Å². The zero-order chi connectivity index (χ0) is 29.2. The second kappa shape index (κ2) is 11.5. The summed E-state index contributed by atoms with van der Waals surface area (Å²) in [5, 5.41) is 2.19. The van der Waals surface area contributed by atoms with Crippen molar-refractivity contribution in [3.05, 3.63) is 118 Å². The lowest BCUT2D eigenvalue weighted by Crippen LogP contribution is -2.28. The Bertz CT molecular complexity index is 1680. The number of carbonyl (C=O) groups is 1. The molecule has 11 heteroatoms. The van der Waals surface area contributed by atoms with Gasteiger partial charge in [-0.1, -0.05) is 41.9 Å². The number of alkyl halides is 3. The third-order valence-corrected chi connectivity index (χ3v) is 8.47. The molecular weight excluding hydrogens is 575 g/mol. The first-order chi connectivity index (χ1) is 19.5. The second-order valence-corrected chi connectivity index (χ2v) is 11.7. The molecule has 0 saturated carbocycles. The van der Waals surface area contributed by atoms with Gasteiger partial charge in [-0.25, -0.2) is 8.42 Å². The van der Waals surface area contributed by atoms with E-state index in [1.54, 1.807) is 12.1 Å². The van der Waals surface area contributed by atoms with E-state index in [-0.39, 0.29) is 16.5 Å². The molecule has 5 rings (SSSR count). The van der Waals surface area contributed by atoms with Crippen LogP contribution in [-0.2, 0) is 29.2 Å². The van der Waals surface area contributed by atoms with Gasteiger partial charge in [0.25, 0.3) is 15.9 Å². The molecule has 0 spiro atoms. The van der Waals surface area contributed by atoms with E-state index >= 15 is 0 Å². The van der Waals surface area contributed by atoms with Crippen LogP contribution in [-0.4, -0.2) is 20.9 Å². The van der Waals surface area contributed by atoms with Crippen LogP contribution in [0.25, 0.3) is 0 Å². The third kappa shape index (κ3) is 6.66. The SMILES string of the molecule is O=C(Nc1ccc(S(=O)(=O)Nc2ccc(Cl)c(C(F)(F)F)c2)cc1)c1ccc(CN2CCCc3ccccc32)cc1. The molecule has 1 aliphatic heterocycles. The molecule has 41 heavy (non-hydrogen) atoms. The number of hydrogen-bond donors (Lipinski definition) is 2. The first kappa shape index (κ1) is 28.5. The molecule has 2 N–H and O–H groups in total. The predicted molar refractivity (Wildman–Crippen MR) is 154 cm³/mol. The van der Waals surface area contributed by atoms with Crippen molar-refractivity contribution < 1.29 is 26.4 Å². The van der Waals surface area contributed by atoms with Crippen LogP contribution in [0.5, 0.6) is 0 Å². The van der Waals surface area contributed by atoms with Crippen molar-refractivity contribution in [1.29, 1.82) is 0 Å². The van der Waals surface area contributed by atoms with Crippen LogP contribution in [0.1, 0.15) is 33.5 Å². The van der Waals surface area contributed by atoms with Gasteiger partial charge in [0.1, 0.15) is 0 Å². The molecule has 0 fully saturated rings. The number of rotatable bonds is 7. The highest BCUT2D eigenvalue weighted by Crippen LogP contribution is 2.36. The maximum absolute atomic E-state index is 13.1. The van der Waals surface area contributed by atoms with Crippen molar-refractivity contribution in [1.82, 2.24) is 0 Å². The van der Waals surface area contributed by atoms with E-state index in [2.05, 4.69) is 33.1 Å². The van der Waals surface area contributed by atoms with Crippen molar-refractivity contribution >= 4 is 44.6 Å². The lowest BCUT2D eigenvalue weighted by Gasteiger charge is -2.31. The number of nitrogens with zero attached hydrogens (tertiary/aromatic N) is 1. The fraction of sp³-hybridized carbons (Fsp3) is 0.167. The summed E-state index contributed by atoms with van der Waals surface area (Å²) in [6.45, 7) is 1.70. The molecular formula is C30H25ClF3N3O3S. The minimum atomic E-state index is -4.74. The molecule has 0 radical (unpaired) electrons. The lowest BCUT2D eigenvalue weighted by molar-refractivity contribution is -0.137. The predicted octanol–water partition coefficient (Wildman–Crippen LogP) is 7.36.